The first-order valence-corrected chi connectivity index (χ1v) is 14.6. The van der Waals surface area contributed by atoms with Crippen LogP contribution >= 0.6 is 11.3 Å². The van der Waals surface area contributed by atoms with Gasteiger partial charge in [0.1, 0.15) is 23.8 Å². The van der Waals surface area contributed by atoms with Crippen LogP contribution in [-0.4, -0.2) is 82.5 Å². The second kappa shape index (κ2) is 14.2. The van der Waals surface area contributed by atoms with Crippen molar-refractivity contribution in [3.63, 3.8) is 0 Å². The SMILES string of the molecule is CC(C)[C@H](N)C(=O)O.CC(C)c1nc(C(=O)N2CCOC3(CCN(Cc4ccc(F)c(CC=O)c4)CC3)C2)cs1. The first-order valence-electron chi connectivity index (χ1n) is 13.7. The molecule has 0 radical (unpaired) electrons. The molecule has 0 saturated carbocycles. The zero-order chi connectivity index (χ0) is 29.4. The smallest absolute Gasteiger partial charge is 0.320 e. The molecule has 2 aromatic rings. The molecule has 0 unspecified atom stereocenters. The van der Waals surface area contributed by atoms with E-state index in [2.05, 4.69) is 23.7 Å². The Morgan fingerprint density at radius 2 is 1.93 bits per heavy atom. The molecular weight excluding hydrogens is 535 g/mol. The highest BCUT2D eigenvalue weighted by atomic mass is 32.1. The quantitative estimate of drug-likeness (QED) is 0.456. The number of hydrogen-bond donors (Lipinski definition) is 2. The molecular formula is C29H41FN4O5S. The van der Waals surface area contributed by atoms with Gasteiger partial charge in [-0.25, -0.2) is 9.37 Å². The van der Waals surface area contributed by atoms with Gasteiger partial charge in [-0.3, -0.25) is 14.5 Å². The molecule has 220 valence electrons. The summed E-state index contributed by atoms with van der Waals surface area (Å²) in [6, 6.07) is 4.29. The highest BCUT2D eigenvalue weighted by Gasteiger charge is 2.41. The van der Waals surface area contributed by atoms with Gasteiger partial charge in [-0.05, 0) is 36.0 Å². The average Bonchev–Trinajstić information content (AvgIpc) is 3.42. The number of carbonyl (C=O) groups is 3. The van der Waals surface area contributed by atoms with Crippen molar-refractivity contribution in [2.75, 3.05) is 32.8 Å². The molecule has 2 saturated heterocycles. The molecule has 0 bridgehead atoms. The van der Waals surface area contributed by atoms with Crippen LogP contribution in [0.25, 0.3) is 0 Å². The van der Waals surface area contributed by atoms with Gasteiger partial charge in [-0.1, -0.05) is 39.8 Å². The lowest BCUT2D eigenvalue weighted by Gasteiger charge is -2.47. The first kappa shape index (κ1) is 31.8. The Morgan fingerprint density at radius 1 is 1.23 bits per heavy atom. The lowest BCUT2D eigenvalue weighted by Crippen LogP contribution is -2.58. The lowest BCUT2D eigenvalue weighted by atomic mass is 9.89. The van der Waals surface area contributed by atoms with Crippen molar-refractivity contribution in [3.05, 3.63) is 51.2 Å². The Balaban J connectivity index is 0.000000482. The second-order valence-electron chi connectivity index (χ2n) is 11.2. The molecule has 3 N–H and O–H groups in total. The summed E-state index contributed by atoms with van der Waals surface area (Å²) in [4.78, 5) is 42.6. The van der Waals surface area contributed by atoms with Crippen molar-refractivity contribution >= 4 is 29.5 Å². The van der Waals surface area contributed by atoms with Gasteiger partial charge >= 0.3 is 5.97 Å². The van der Waals surface area contributed by atoms with E-state index in [1.807, 2.05) is 10.3 Å². The Morgan fingerprint density at radius 3 is 2.48 bits per heavy atom. The van der Waals surface area contributed by atoms with Gasteiger partial charge in [0.15, 0.2) is 0 Å². The van der Waals surface area contributed by atoms with Gasteiger partial charge in [-0.15, -0.1) is 11.3 Å². The number of likely N-dealkylation sites (tertiary alicyclic amines) is 1. The topological polar surface area (TPSA) is 126 Å². The minimum atomic E-state index is -0.931. The summed E-state index contributed by atoms with van der Waals surface area (Å²) < 4.78 is 20.0. The molecule has 11 heteroatoms. The highest BCUT2D eigenvalue weighted by Crippen LogP contribution is 2.32. The molecule has 1 spiro atoms. The van der Waals surface area contributed by atoms with Crippen LogP contribution in [0.2, 0.25) is 0 Å². The third kappa shape index (κ3) is 8.39. The molecule has 2 aliphatic heterocycles. The van der Waals surface area contributed by atoms with Crippen LogP contribution < -0.4 is 5.73 Å². The second-order valence-corrected chi connectivity index (χ2v) is 12.1. The number of morpholine rings is 1. The number of thiazole rings is 1. The number of aromatic nitrogens is 1. The fraction of sp³-hybridized carbons (Fsp3) is 0.586. The Labute approximate surface area is 239 Å². The van der Waals surface area contributed by atoms with Crippen LogP contribution in [0.3, 0.4) is 0 Å². The first-order chi connectivity index (χ1) is 18.9. The number of ether oxygens (including phenoxy) is 1. The standard InChI is InChI=1S/C24H30FN3O3S.C5H11NO2/c1-17(2)22-26-21(15-32-22)23(30)28-10-12-31-24(16-28)6-8-27(9-7-24)14-18-3-4-20(25)19(13-18)5-11-29;1-3(2)4(6)5(7)8/h3-4,11,13,15,17H,5-10,12,14,16H2,1-2H3;3-4H,6H2,1-2H3,(H,7,8)/t;4-/m.0/s1. The van der Waals surface area contributed by atoms with Crippen LogP contribution in [0.15, 0.2) is 23.6 Å². The molecule has 1 aromatic heterocycles. The van der Waals surface area contributed by atoms with Gasteiger partial charge in [0.25, 0.3) is 5.91 Å². The van der Waals surface area contributed by atoms with Gasteiger partial charge in [0, 0.05) is 43.9 Å². The summed E-state index contributed by atoms with van der Waals surface area (Å²) >= 11 is 1.54. The molecule has 40 heavy (non-hydrogen) atoms. The minimum Gasteiger partial charge on any atom is -0.480 e. The van der Waals surface area contributed by atoms with E-state index in [-0.39, 0.29) is 29.7 Å². The number of nitrogens with zero attached hydrogens (tertiary/aromatic N) is 3. The number of benzene rings is 1. The third-order valence-electron chi connectivity index (χ3n) is 7.36. The molecule has 1 aromatic carbocycles. The Kier molecular flexibility index (Phi) is 11.3. The van der Waals surface area contributed by atoms with Crippen molar-refractivity contribution < 1.29 is 28.6 Å². The normalized spacial score (nSPS) is 17.9. The number of nitrogens with two attached hydrogens (primary N) is 1. The monoisotopic (exact) mass is 576 g/mol. The van der Waals surface area contributed by atoms with Crippen LogP contribution in [-0.2, 0) is 27.3 Å². The van der Waals surface area contributed by atoms with E-state index in [0.29, 0.717) is 43.4 Å². The molecule has 2 fully saturated rings. The number of amides is 1. The van der Waals surface area contributed by atoms with E-state index in [4.69, 9.17) is 15.6 Å². The Bertz CT molecular complexity index is 1160. The number of halogens is 1. The number of carboxylic acid groups (broad SMARTS) is 1. The lowest BCUT2D eigenvalue weighted by molar-refractivity contribution is -0.139. The van der Waals surface area contributed by atoms with Crippen molar-refractivity contribution in [2.24, 2.45) is 11.7 Å². The highest BCUT2D eigenvalue weighted by molar-refractivity contribution is 7.09. The van der Waals surface area contributed by atoms with Crippen LogP contribution in [0.4, 0.5) is 4.39 Å². The molecule has 1 atom stereocenters. The number of carbonyl (C=O) groups excluding carboxylic acids is 2. The van der Waals surface area contributed by atoms with E-state index in [0.717, 1.165) is 42.8 Å². The number of hydrogen-bond acceptors (Lipinski definition) is 8. The van der Waals surface area contributed by atoms with Crippen LogP contribution in [0, 0.1) is 11.7 Å². The fourth-order valence-corrected chi connectivity index (χ4v) is 5.58. The third-order valence-corrected chi connectivity index (χ3v) is 8.51. The maximum Gasteiger partial charge on any atom is 0.320 e. The van der Waals surface area contributed by atoms with E-state index >= 15 is 0 Å². The maximum absolute atomic E-state index is 13.8. The number of aliphatic carboxylic acids is 1. The van der Waals surface area contributed by atoms with E-state index in [9.17, 15) is 18.8 Å². The molecule has 3 heterocycles. The van der Waals surface area contributed by atoms with Crippen molar-refractivity contribution in [2.45, 2.75) is 71.1 Å². The molecule has 1 amide bonds. The summed E-state index contributed by atoms with van der Waals surface area (Å²) in [6.07, 6.45) is 2.51. The van der Waals surface area contributed by atoms with Gasteiger partial charge < -0.3 is 25.3 Å². The largest absolute Gasteiger partial charge is 0.480 e. The summed E-state index contributed by atoms with van der Waals surface area (Å²) in [5.74, 6) is -0.934. The molecule has 2 aliphatic rings. The predicted octanol–water partition coefficient (Wildman–Crippen LogP) is 3.71. The van der Waals surface area contributed by atoms with Gasteiger partial charge in [-0.2, -0.15) is 0 Å². The predicted molar refractivity (Wildman–Crippen MR) is 152 cm³/mol. The number of rotatable bonds is 8. The van der Waals surface area contributed by atoms with E-state index in [1.165, 1.54) is 6.07 Å². The van der Waals surface area contributed by atoms with Crippen molar-refractivity contribution in [1.82, 2.24) is 14.8 Å². The molecule has 0 aliphatic carbocycles. The van der Waals surface area contributed by atoms with Gasteiger partial charge in [0.2, 0.25) is 0 Å². The zero-order valence-electron chi connectivity index (χ0n) is 23.8. The number of piperidine rings is 1. The van der Waals surface area contributed by atoms with Crippen LogP contribution in [0.5, 0.6) is 0 Å². The molecule has 4 rings (SSSR count). The van der Waals surface area contributed by atoms with E-state index in [1.54, 1.807) is 37.3 Å². The summed E-state index contributed by atoms with van der Waals surface area (Å²) in [5, 5.41) is 11.1. The molecule has 9 nitrogen and oxygen atoms in total. The Hall–Kier alpha value is -2.73. The number of carboxylic acids is 1. The summed E-state index contributed by atoms with van der Waals surface area (Å²) in [6.45, 7) is 11.8. The van der Waals surface area contributed by atoms with Crippen LogP contribution in [0.1, 0.15) is 73.1 Å². The summed E-state index contributed by atoms with van der Waals surface area (Å²) in [5.41, 5.74) is 6.83. The van der Waals surface area contributed by atoms with Gasteiger partial charge in [0.05, 0.1) is 23.8 Å². The zero-order valence-corrected chi connectivity index (χ0v) is 24.6. The number of aldehydes is 1. The average molecular weight is 577 g/mol. The van der Waals surface area contributed by atoms with E-state index < -0.39 is 12.0 Å². The maximum atomic E-state index is 13.8. The van der Waals surface area contributed by atoms with Crippen molar-refractivity contribution in [1.29, 1.82) is 0 Å². The minimum absolute atomic E-state index is 0.00715. The van der Waals surface area contributed by atoms with Crippen molar-refractivity contribution in [3.8, 4) is 0 Å². The fourth-order valence-electron chi connectivity index (χ4n) is 4.77. The summed E-state index contributed by atoms with van der Waals surface area (Å²) in [7, 11) is 0.